The number of fused-ring (bicyclic) bond motifs is 1. The predicted molar refractivity (Wildman–Crippen MR) is 105 cm³/mol. The van der Waals surface area contributed by atoms with E-state index in [1.54, 1.807) is 0 Å². The Bertz CT molecular complexity index is 850. The molecule has 4 N–H and O–H groups in total. The zero-order chi connectivity index (χ0) is 18.8. The number of hydrazine groups is 1. The molecule has 6 nitrogen and oxygen atoms in total. The number of aryl methyl sites for hydroxylation is 2. The molecule has 2 atom stereocenters. The summed E-state index contributed by atoms with van der Waals surface area (Å²) in [5, 5.41) is 6.55. The average Bonchev–Trinajstić information content (AvgIpc) is 3.17. The fourth-order valence-electron chi connectivity index (χ4n) is 4.10. The molecule has 6 heteroatoms. The molecule has 0 bridgehead atoms. The van der Waals surface area contributed by atoms with Gasteiger partial charge in [0.05, 0.1) is 12.0 Å². The lowest BCUT2D eigenvalue weighted by Crippen LogP contribution is -2.35. The van der Waals surface area contributed by atoms with E-state index >= 15 is 0 Å². The van der Waals surface area contributed by atoms with Crippen LogP contribution in [0.3, 0.4) is 0 Å². The molecule has 1 aromatic heterocycles. The van der Waals surface area contributed by atoms with Crippen molar-refractivity contribution in [1.29, 1.82) is 0 Å². The van der Waals surface area contributed by atoms with Crippen LogP contribution in [0.25, 0.3) is 0 Å². The van der Waals surface area contributed by atoms with E-state index in [0.29, 0.717) is 13.1 Å². The van der Waals surface area contributed by atoms with Gasteiger partial charge in [-0.2, -0.15) is 0 Å². The van der Waals surface area contributed by atoms with E-state index in [2.05, 4.69) is 51.6 Å². The Labute approximate surface area is 160 Å². The van der Waals surface area contributed by atoms with Gasteiger partial charge in [-0.25, -0.2) is 5.43 Å². The third-order valence-corrected chi connectivity index (χ3v) is 5.63. The topological polar surface area (TPSA) is 78.1 Å². The fourth-order valence-corrected chi connectivity index (χ4v) is 4.10. The first kappa shape index (κ1) is 18.1. The number of nitrogens with zero attached hydrogens (tertiary/aromatic N) is 1. The van der Waals surface area contributed by atoms with Crippen LogP contribution in [0.2, 0.25) is 0 Å². The van der Waals surface area contributed by atoms with Crippen LogP contribution < -0.4 is 21.5 Å². The summed E-state index contributed by atoms with van der Waals surface area (Å²) >= 11 is 0. The minimum Gasteiger partial charge on any atom is -0.352 e. The molecule has 0 saturated carbocycles. The Balaban J connectivity index is 1.48. The molecule has 27 heavy (non-hydrogen) atoms. The van der Waals surface area contributed by atoms with Gasteiger partial charge in [0.15, 0.2) is 0 Å². The summed E-state index contributed by atoms with van der Waals surface area (Å²) in [6.45, 7) is 7.09. The summed E-state index contributed by atoms with van der Waals surface area (Å²) in [5.41, 5.74) is 13.5. The molecule has 0 radical (unpaired) electrons. The zero-order valence-electron chi connectivity index (χ0n) is 15.9. The minimum absolute atomic E-state index is 0.0157. The van der Waals surface area contributed by atoms with Gasteiger partial charge in [0.2, 0.25) is 5.91 Å². The van der Waals surface area contributed by atoms with Crippen LogP contribution in [-0.2, 0) is 24.3 Å². The van der Waals surface area contributed by atoms with Gasteiger partial charge in [-0.05, 0) is 49.1 Å². The zero-order valence-corrected chi connectivity index (χ0v) is 15.9. The first-order valence-electron chi connectivity index (χ1n) is 9.63. The molecule has 2 aliphatic heterocycles. The number of benzene rings is 1. The molecule has 1 saturated heterocycles. The summed E-state index contributed by atoms with van der Waals surface area (Å²) in [5.74, 6) is -0.0637. The van der Waals surface area contributed by atoms with Gasteiger partial charge in [-0.15, -0.1) is 0 Å². The molecule has 4 rings (SSSR count). The lowest BCUT2D eigenvalue weighted by molar-refractivity contribution is -0.125. The normalized spacial score (nSPS) is 21.7. The van der Waals surface area contributed by atoms with Gasteiger partial charge in [0.1, 0.15) is 0 Å². The van der Waals surface area contributed by atoms with Gasteiger partial charge < -0.3 is 10.6 Å². The van der Waals surface area contributed by atoms with Crippen LogP contribution in [0.1, 0.15) is 39.6 Å². The van der Waals surface area contributed by atoms with Gasteiger partial charge in [0, 0.05) is 31.5 Å². The number of carbonyl (C=O) groups excluding carboxylic acids is 1. The van der Waals surface area contributed by atoms with Crippen molar-refractivity contribution < 1.29 is 4.79 Å². The lowest BCUT2D eigenvalue weighted by Gasteiger charge is -2.23. The summed E-state index contributed by atoms with van der Waals surface area (Å²) in [6.07, 6.45) is 2.95. The predicted octanol–water partition coefficient (Wildman–Crippen LogP) is 1.43. The van der Waals surface area contributed by atoms with E-state index < -0.39 is 0 Å². The van der Waals surface area contributed by atoms with Crippen molar-refractivity contribution in [1.82, 2.24) is 26.5 Å². The van der Waals surface area contributed by atoms with Gasteiger partial charge in [0.25, 0.3) is 0 Å². The highest BCUT2D eigenvalue weighted by atomic mass is 16.2. The largest absolute Gasteiger partial charge is 0.352 e. The van der Waals surface area contributed by atoms with Crippen LogP contribution in [0.4, 0.5) is 0 Å². The van der Waals surface area contributed by atoms with Crippen molar-refractivity contribution in [2.45, 2.75) is 39.4 Å². The second-order valence-electron chi connectivity index (χ2n) is 7.49. The molecule has 142 valence electrons. The summed E-state index contributed by atoms with van der Waals surface area (Å²) in [6, 6.07) is 8.31. The summed E-state index contributed by atoms with van der Waals surface area (Å²) in [4.78, 5) is 17.5. The van der Waals surface area contributed by atoms with E-state index in [1.165, 1.54) is 22.3 Å². The molecule has 2 aromatic rings. The smallest absolute Gasteiger partial charge is 0.226 e. The molecular weight excluding hydrogens is 338 g/mol. The molecule has 3 heterocycles. The molecule has 0 aliphatic carbocycles. The SMILES string of the molecule is Cc1cccc(C2NNCC2C(=O)NCc2c(C)ncc3c2CCNC3)c1. The van der Waals surface area contributed by atoms with E-state index in [-0.39, 0.29) is 17.9 Å². The van der Waals surface area contributed by atoms with Crippen LogP contribution in [0, 0.1) is 19.8 Å². The van der Waals surface area contributed by atoms with Gasteiger partial charge in [-0.3, -0.25) is 15.2 Å². The third-order valence-electron chi connectivity index (χ3n) is 5.63. The number of carbonyl (C=O) groups is 1. The van der Waals surface area contributed by atoms with E-state index in [1.807, 2.05) is 19.2 Å². The quantitative estimate of drug-likeness (QED) is 0.659. The maximum absolute atomic E-state index is 12.9. The minimum atomic E-state index is -0.138. The second kappa shape index (κ2) is 7.76. The van der Waals surface area contributed by atoms with Crippen molar-refractivity contribution in [3.05, 3.63) is 64.0 Å². The number of nitrogens with one attached hydrogen (secondary N) is 4. The van der Waals surface area contributed by atoms with Crippen LogP contribution in [0.5, 0.6) is 0 Å². The van der Waals surface area contributed by atoms with E-state index in [9.17, 15) is 4.79 Å². The number of rotatable bonds is 4. The highest BCUT2D eigenvalue weighted by Crippen LogP contribution is 2.26. The summed E-state index contributed by atoms with van der Waals surface area (Å²) < 4.78 is 0. The van der Waals surface area contributed by atoms with Crippen molar-refractivity contribution in [3.8, 4) is 0 Å². The molecular formula is C21H27N5O. The Morgan fingerprint density at radius 3 is 3.07 bits per heavy atom. The Morgan fingerprint density at radius 2 is 2.22 bits per heavy atom. The van der Waals surface area contributed by atoms with E-state index in [4.69, 9.17) is 0 Å². The van der Waals surface area contributed by atoms with Crippen LogP contribution in [0.15, 0.2) is 30.5 Å². The van der Waals surface area contributed by atoms with Crippen molar-refractivity contribution in [3.63, 3.8) is 0 Å². The highest BCUT2D eigenvalue weighted by molar-refractivity contribution is 5.80. The van der Waals surface area contributed by atoms with Crippen molar-refractivity contribution in [2.24, 2.45) is 5.92 Å². The van der Waals surface area contributed by atoms with Crippen molar-refractivity contribution in [2.75, 3.05) is 13.1 Å². The molecule has 1 aromatic carbocycles. The number of aromatic nitrogens is 1. The number of amides is 1. The van der Waals surface area contributed by atoms with Gasteiger partial charge >= 0.3 is 0 Å². The molecule has 2 unspecified atom stereocenters. The third kappa shape index (κ3) is 3.74. The number of hydrogen-bond donors (Lipinski definition) is 4. The number of pyridine rings is 1. The molecule has 1 fully saturated rings. The highest BCUT2D eigenvalue weighted by Gasteiger charge is 2.34. The molecule has 2 aliphatic rings. The molecule has 0 spiro atoms. The fraction of sp³-hybridized carbons (Fsp3) is 0.429. The maximum Gasteiger partial charge on any atom is 0.226 e. The van der Waals surface area contributed by atoms with Gasteiger partial charge in [-0.1, -0.05) is 29.8 Å². The first-order chi connectivity index (χ1) is 13.1. The second-order valence-corrected chi connectivity index (χ2v) is 7.49. The monoisotopic (exact) mass is 365 g/mol. The van der Waals surface area contributed by atoms with Crippen LogP contribution in [-0.4, -0.2) is 24.0 Å². The lowest BCUT2D eigenvalue weighted by atomic mass is 9.92. The Hall–Kier alpha value is -2.28. The molecule has 1 amide bonds. The first-order valence-corrected chi connectivity index (χ1v) is 9.63. The van der Waals surface area contributed by atoms with Crippen molar-refractivity contribution >= 4 is 5.91 Å². The maximum atomic E-state index is 12.9. The average molecular weight is 365 g/mol. The Kier molecular flexibility index (Phi) is 5.20. The standard InChI is InChI=1S/C21H27N5O/c1-13-4-3-5-15(8-13)20-19(12-25-26-20)21(27)24-11-18-14(2)23-10-16-9-22-7-6-17(16)18/h3-5,8,10,19-20,22,25-26H,6-7,9,11-12H2,1-2H3,(H,24,27). The van der Waals surface area contributed by atoms with Crippen LogP contribution >= 0.6 is 0 Å². The van der Waals surface area contributed by atoms with E-state index in [0.717, 1.165) is 30.8 Å². The summed E-state index contributed by atoms with van der Waals surface area (Å²) in [7, 11) is 0. The Morgan fingerprint density at radius 1 is 1.33 bits per heavy atom. The number of hydrogen-bond acceptors (Lipinski definition) is 5.